The molecule has 6 nitrogen and oxygen atoms in total. The second kappa shape index (κ2) is 5.82. The number of rotatable bonds is 4. The minimum Gasteiger partial charge on any atom is -0.506 e. The Kier molecular flexibility index (Phi) is 3.86. The molecule has 0 aliphatic heterocycles. The fraction of sp³-hybridized carbons (Fsp3) is 0.0714. The number of thioether (sulfide) groups is 1. The number of nitrogens with zero attached hydrogens (tertiary/aromatic N) is 1. The van der Waals surface area contributed by atoms with Crippen molar-refractivity contribution in [2.24, 2.45) is 5.73 Å². The number of H-pyrrole nitrogens is 1. The summed E-state index contributed by atoms with van der Waals surface area (Å²) in [5, 5.41) is 9.88. The Labute approximate surface area is 133 Å². The molecule has 0 saturated heterocycles. The van der Waals surface area contributed by atoms with E-state index in [1.807, 2.05) is 12.1 Å². The van der Waals surface area contributed by atoms with E-state index in [0.717, 1.165) is 11.6 Å². The van der Waals surface area contributed by atoms with Gasteiger partial charge in [-0.25, -0.2) is 0 Å². The van der Waals surface area contributed by atoms with Crippen LogP contribution in [0.5, 0.6) is 5.75 Å². The van der Waals surface area contributed by atoms with E-state index in [9.17, 15) is 14.7 Å². The van der Waals surface area contributed by atoms with Crippen molar-refractivity contribution in [3.63, 3.8) is 0 Å². The second-order valence-corrected chi connectivity index (χ2v) is 6.76. The van der Waals surface area contributed by atoms with Crippen molar-refractivity contribution < 1.29 is 9.90 Å². The van der Waals surface area contributed by atoms with Gasteiger partial charge in [0.1, 0.15) is 5.75 Å². The number of aromatic nitrogens is 2. The number of pyridine rings is 2. The van der Waals surface area contributed by atoms with E-state index in [1.54, 1.807) is 12.4 Å². The highest BCUT2D eigenvalue weighted by Crippen LogP contribution is 2.41. The van der Waals surface area contributed by atoms with Crippen molar-refractivity contribution in [1.82, 2.24) is 9.97 Å². The number of carbonyl (C=O) groups excluding carboxylic acids is 1. The van der Waals surface area contributed by atoms with Crippen molar-refractivity contribution in [3.8, 4) is 5.75 Å². The van der Waals surface area contributed by atoms with Gasteiger partial charge in [0.25, 0.3) is 11.5 Å². The molecule has 3 aromatic rings. The Bertz CT molecular complexity index is 903. The maximum absolute atomic E-state index is 11.7. The highest BCUT2D eigenvalue weighted by molar-refractivity contribution is 8.00. The van der Waals surface area contributed by atoms with Crippen molar-refractivity contribution >= 4 is 39.2 Å². The third-order valence-corrected chi connectivity index (χ3v) is 5.54. The summed E-state index contributed by atoms with van der Waals surface area (Å²) in [5.41, 5.74) is 6.54. The Hall–Kier alpha value is -2.32. The predicted octanol–water partition coefficient (Wildman–Crippen LogP) is 2.08. The van der Waals surface area contributed by atoms with Crippen molar-refractivity contribution in [2.45, 2.75) is 9.96 Å². The monoisotopic (exact) mass is 333 g/mol. The van der Waals surface area contributed by atoms with Crippen LogP contribution >= 0.6 is 23.1 Å². The molecule has 0 aromatic carbocycles. The number of thiophene rings is 1. The van der Waals surface area contributed by atoms with Crippen LogP contribution in [0.15, 0.2) is 39.6 Å². The second-order valence-electron chi connectivity index (χ2n) is 4.50. The maximum Gasteiger partial charge on any atom is 0.252 e. The first-order chi connectivity index (χ1) is 10.6. The number of hydrogen-bond acceptors (Lipinski definition) is 6. The minimum absolute atomic E-state index is 0.151. The standard InChI is InChI=1S/C14H11N3O3S2/c15-13(20)10-11-12(8(18)5-9(19)17-11)22-14(10)21-6-7-1-3-16-4-2-7/h1-5H,6H2,(H2,15,20)(H2,17,18,19). The molecule has 112 valence electrons. The minimum atomic E-state index is -0.635. The summed E-state index contributed by atoms with van der Waals surface area (Å²) < 4.78 is 1.11. The molecule has 0 atom stereocenters. The summed E-state index contributed by atoms with van der Waals surface area (Å²) in [6.07, 6.45) is 3.39. The first-order valence-electron chi connectivity index (χ1n) is 6.26. The van der Waals surface area contributed by atoms with E-state index < -0.39 is 11.5 Å². The van der Waals surface area contributed by atoms with Gasteiger partial charge in [-0.15, -0.1) is 23.1 Å². The Morgan fingerprint density at radius 2 is 2.14 bits per heavy atom. The molecule has 3 aromatic heterocycles. The molecule has 0 fully saturated rings. The largest absolute Gasteiger partial charge is 0.506 e. The summed E-state index contributed by atoms with van der Waals surface area (Å²) >= 11 is 2.66. The third-order valence-electron chi connectivity index (χ3n) is 2.99. The average molecular weight is 333 g/mol. The van der Waals surface area contributed by atoms with Crippen molar-refractivity contribution in [3.05, 3.63) is 52.1 Å². The summed E-state index contributed by atoms with van der Waals surface area (Å²) in [4.78, 5) is 29.7. The molecule has 1 amide bonds. The molecule has 0 saturated carbocycles. The van der Waals surface area contributed by atoms with Crippen LogP contribution in [0, 0.1) is 0 Å². The average Bonchev–Trinajstić information content (AvgIpc) is 2.85. The Balaban J connectivity index is 2.05. The number of primary amides is 1. The zero-order valence-electron chi connectivity index (χ0n) is 11.2. The number of hydrogen-bond donors (Lipinski definition) is 3. The van der Waals surface area contributed by atoms with Crippen LogP contribution in [-0.4, -0.2) is 21.0 Å². The summed E-state index contributed by atoms with van der Waals surface area (Å²) in [5.74, 6) is -0.160. The number of aromatic hydroxyl groups is 1. The molecule has 0 aliphatic rings. The summed E-state index contributed by atoms with van der Waals surface area (Å²) in [6.45, 7) is 0. The molecule has 4 N–H and O–H groups in total. The van der Waals surface area contributed by atoms with Gasteiger partial charge in [0.05, 0.1) is 20.0 Å². The molecular weight excluding hydrogens is 322 g/mol. The topological polar surface area (TPSA) is 109 Å². The number of aromatic amines is 1. The number of amides is 1. The number of nitrogens with one attached hydrogen (secondary N) is 1. The van der Waals surface area contributed by atoms with Crippen LogP contribution in [0.2, 0.25) is 0 Å². The first-order valence-corrected chi connectivity index (χ1v) is 8.06. The van der Waals surface area contributed by atoms with Crippen LogP contribution in [0.25, 0.3) is 10.2 Å². The predicted molar refractivity (Wildman–Crippen MR) is 86.4 cm³/mol. The van der Waals surface area contributed by atoms with E-state index in [2.05, 4.69) is 9.97 Å². The van der Waals surface area contributed by atoms with Gasteiger partial charge in [-0.2, -0.15) is 0 Å². The highest BCUT2D eigenvalue weighted by atomic mass is 32.2. The van der Waals surface area contributed by atoms with Gasteiger partial charge < -0.3 is 15.8 Å². The quantitative estimate of drug-likeness (QED) is 0.633. The maximum atomic E-state index is 11.7. The third kappa shape index (κ3) is 2.70. The lowest BCUT2D eigenvalue weighted by Gasteiger charge is -2.01. The molecule has 8 heteroatoms. The van der Waals surface area contributed by atoms with Gasteiger partial charge in [0, 0.05) is 24.2 Å². The number of nitrogens with two attached hydrogens (primary N) is 1. The van der Waals surface area contributed by atoms with Crippen LogP contribution in [0.1, 0.15) is 15.9 Å². The van der Waals surface area contributed by atoms with Gasteiger partial charge in [-0.05, 0) is 17.7 Å². The van der Waals surface area contributed by atoms with Gasteiger partial charge in [0.2, 0.25) is 0 Å². The van der Waals surface area contributed by atoms with Crippen molar-refractivity contribution in [1.29, 1.82) is 0 Å². The van der Waals surface area contributed by atoms with Crippen molar-refractivity contribution in [2.75, 3.05) is 0 Å². The smallest absolute Gasteiger partial charge is 0.252 e. The fourth-order valence-corrected chi connectivity index (χ4v) is 4.42. The number of carbonyl (C=O) groups is 1. The fourth-order valence-electron chi connectivity index (χ4n) is 2.01. The van der Waals surface area contributed by atoms with E-state index in [0.29, 0.717) is 20.2 Å². The molecule has 0 bridgehead atoms. The summed E-state index contributed by atoms with van der Waals surface area (Å²) in [7, 11) is 0. The normalized spacial score (nSPS) is 10.9. The SMILES string of the molecule is NC(=O)c1c(SCc2ccncc2)sc2c(O)cc(=O)[nH]c12. The Morgan fingerprint density at radius 1 is 1.41 bits per heavy atom. The highest BCUT2D eigenvalue weighted by Gasteiger charge is 2.20. The van der Waals surface area contributed by atoms with Crippen LogP contribution < -0.4 is 11.3 Å². The molecule has 22 heavy (non-hydrogen) atoms. The molecule has 0 radical (unpaired) electrons. The molecule has 0 aliphatic carbocycles. The zero-order chi connectivity index (χ0) is 15.7. The molecular formula is C14H11N3O3S2. The van der Waals surface area contributed by atoms with Gasteiger partial charge in [0.15, 0.2) is 0 Å². The van der Waals surface area contributed by atoms with E-state index in [-0.39, 0.29) is 11.3 Å². The lowest BCUT2D eigenvalue weighted by atomic mass is 10.2. The molecule has 0 spiro atoms. The van der Waals surface area contributed by atoms with Gasteiger partial charge in [-0.3, -0.25) is 14.6 Å². The van der Waals surface area contributed by atoms with Crippen LogP contribution in [0.3, 0.4) is 0 Å². The number of fused-ring (bicyclic) bond motifs is 1. The lowest BCUT2D eigenvalue weighted by molar-refractivity contribution is 0.0999. The van der Waals surface area contributed by atoms with E-state index in [1.165, 1.54) is 23.1 Å². The summed E-state index contributed by atoms with van der Waals surface area (Å²) in [6, 6.07) is 4.84. The first kappa shape index (κ1) is 14.6. The molecule has 3 rings (SSSR count). The van der Waals surface area contributed by atoms with E-state index in [4.69, 9.17) is 5.73 Å². The van der Waals surface area contributed by atoms with Crippen LogP contribution in [-0.2, 0) is 5.75 Å². The Morgan fingerprint density at radius 3 is 2.82 bits per heavy atom. The lowest BCUT2D eigenvalue weighted by Crippen LogP contribution is -2.13. The van der Waals surface area contributed by atoms with Gasteiger partial charge >= 0.3 is 0 Å². The molecule has 0 unspecified atom stereocenters. The van der Waals surface area contributed by atoms with Gasteiger partial charge in [-0.1, -0.05) is 0 Å². The van der Waals surface area contributed by atoms with E-state index >= 15 is 0 Å². The van der Waals surface area contributed by atoms with Crippen LogP contribution in [0.4, 0.5) is 0 Å². The zero-order valence-corrected chi connectivity index (χ0v) is 12.8. The molecule has 3 heterocycles.